The third-order valence-corrected chi connectivity index (χ3v) is 3.49. The lowest BCUT2D eigenvalue weighted by atomic mass is 9.92. The molecule has 18 heavy (non-hydrogen) atoms. The zero-order valence-electron chi connectivity index (χ0n) is 12.4. The van der Waals surface area contributed by atoms with Crippen molar-refractivity contribution in [1.82, 2.24) is 10.3 Å². The van der Waals surface area contributed by atoms with Crippen LogP contribution in [0.2, 0.25) is 0 Å². The predicted octanol–water partition coefficient (Wildman–Crippen LogP) is 3.22. The van der Waals surface area contributed by atoms with E-state index in [1.807, 2.05) is 19.3 Å². The Bertz CT molecular complexity index is 357. The minimum absolute atomic E-state index is 0.227. The van der Waals surface area contributed by atoms with Crippen molar-refractivity contribution in [2.75, 3.05) is 13.6 Å². The average molecular weight is 250 g/mol. The molecule has 0 spiro atoms. The van der Waals surface area contributed by atoms with Crippen LogP contribution in [0.4, 0.5) is 0 Å². The van der Waals surface area contributed by atoms with Gasteiger partial charge in [-0.05, 0) is 32.4 Å². The zero-order valence-corrected chi connectivity index (χ0v) is 12.4. The molecule has 1 N–H and O–H groups in total. The highest BCUT2D eigenvalue weighted by Crippen LogP contribution is 2.24. The van der Waals surface area contributed by atoms with Gasteiger partial charge in [0.25, 0.3) is 0 Å². The fourth-order valence-corrected chi connectivity index (χ4v) is 1.72. The molecule has 0 bridgehead atoms. The molecule has 0 amide bonds. The summed E-state index contributed by atoms with van der Waals surface area (Å²) in [5, 5.41) is 3.18. The van der Waals surface area contributed by atoms with Crippen LogP contribution in [0.25, 0.3) is 0 Å². The highest BCUT2D eigenvalue weighted by atomic mass is 16.5. The second-order valence-corrected chi connectivity index (χ2v) is 5.75. The van der Waals surface area contributed by atoms with Gasteiger partial charge < -0.3 is 10.1 Å². The summed E-state index contributed by atoms with van der Waals surface area (Å²) in [6.07, 6.45) is 1.90. The summed E-state index contributed by atoms with van der Waals surface area (Å²) < 4.78 is 6.00. The van der Waals surface area contributed by atoms with E-state index in [1.54, 1.807) is 0 Å². The molecule has 0 fully saturated rings. The first kappa shape index (κ1) is 15.0. The second kappa shape index (κ2) is 6.19. The van der Waals surface area contributed by atoms with Crippen molar-refractivity contribution in [1.29, 1.82) is 0 Å². The SMILES string of the molecule is CNCC(C)C(C)(C)Oc1ccc(C(C)C)cn1. The van der Waals surface area contributed by atoms with Gasteiger partial charge in [-0.2, -0.15) is 0 Å². The van der Waals surface area contributed by atoms with Gasteiger partial charge in [-0.15, -0.1) is 0 Å². The molecule has 0 radical (unpaired) electrons. The van der Waals surface area contributed by atoms with E-state index in [-0.39, 0.29) is 5.60 Å². The van der Waals surface area contributed by atoms with Gasteiger partial charge in [0.05, 0.1) is 0 Å². The summed E-state index contributed by atoms with van der Waals surface area (Å²) in [7, 11) is 1.96. The molecule has 0 saturated heterocycles. The Morgan fingerprint density at radius 1 is 1.28 bits per heavy atom. The average Bonchev–Trinajstić information content (AvgIpc) is 2.29. The monoisotopic (exact) mass is 250 g/mol. The van der Waals surface area contributed by atoms with Crippen molar-refractivity contribution in [3.05, 3.63) is 23.9 Å². The van der Waals surface area contributed by atoms with Gasteiger partial charge in [-0.3, -0.25) is 0 Å². The van der Waals surface area contributed by atoms with Gasteiger partial charge in [-0.25, -0.2) is 4.98 Å². The second-order valence-electron chi connectivity index (χ2n) is 5.75. The van der Waals surface area contributed by atoms with E-state index in [9.17, 15) is 0 Å². The van der Waals surface area contributed by atoms with Gasteiger partial charge in [-0.1, -0.05) is 26.8 Å². The highest BCUT2D eigenvalue weighted by Gasteiger charge is 2.27. The number of nitrogens with zero attached hydrogens (tertiary/aromatic N) is 1. The molecular formula is C15H26N2O. The summed E-state index contributed by atoms with van der Waals surface area (Å²) in [4.78, 5) is 4.39. The minimum atomic E-state index is -0.227. The first-order valence-electron chi connectivity index (χ1n) is 6.66. The number of hydrogen-bond donors (Lipinski definition) is 1. The van der Waals surface area contributed by atoms with Crippen LogP contribution >= 0.6 is 0 Å². The zero-order chi connectivity index (χ0) is 13.8. The molecule has 0 aliphatic carbocycles. The molecule has 1 aromatic rings. The van der Waals surface area contributed by atoms with Gasteiger partial charge in [0, 0.05) is 24.7 Å². The molecule has 1 atom stereocenters. The highest BCUT2D eigenvalue weighted by molar-refractivity contribution is 5.20. The van der Waals surface area contributed by atoms with E-state index < -0.39 is 0 Å². The van der Waals surface area contributed by atoms with Crippen LogP contribution in [0.3, 0.4) is 0 Å². The molecule has 1 aromatic heterocycles. The summed E-state index contributed by atoms with van der Waals surface area (Å²) in [6, 6.07) is 4.05. The Labute approximate surface area is 111 Å². The normalized spacial score (nSPS) is 13.7. The van der Waals surface area contributed by atoms with Crippen LogP contribution in [0.5, 0.6) is 5.88 Å². The largest absolute Gasteiger partial charge is 0.471 e. The van der Waals surface area contributed by atoms with Crippen LogP contribution < -0.4 is 10.1 Å². The first-order chi connectivity index (χ1) is 8.36. The fourth-order valence-electron chi connectivity index (χ4n) is 1.72. The van der Waals surface area contributed by atoms with Crippen LogP contribution in [0, 0.1) is 5.92 Å². The van der Waals surface area contributed by atoms with Crippen molar-refractivity contribution in [3.8, 4) is 5.88 Å². The molecule has 102 valence electrons. The number of rotatable bonds is 6. The van der Waals surface area contributed by atoms with Gasteiger partial charge in [0.1, 0.15) is 5.60 Å². The van der Waals surface area contributed by atoms with E-state index in [2.05, 4.69) is 51.0 Å². The summed E-state index contributed by atoms with van der Waals surface area (Å²) in [5.41, 5.74) is 1.01. The maximum atomic E-state index is 6.00. The van der Waals surface area contributed by atoms with Crippen LogP contribution in [-0.2, 0) is 0 Å². The Balaban J connectivity index is 2.71. The minimum Gasteiger partial charge on any atom is -0.471 e. The molecule has 1 rings (SSSR count). The lowest BCUT2D eigenvalue weighted by molar-refractivity contribution is 0.0478. The van der Waals surface area contributed by atoms with E-state index in [0.717, 1.165) is 6.54 Å². The molecule has 1 heterocycles. The standard InChI is InChI=1S/C15H26N2O/c1-11(2)13-7-8-14(17-10-13)18-15(4,5)12(3)9-16-6/h7-8,10-12,16H,9H2,1-6H3. The lowest BCUT2D eigenvalue weighted by Gasteiger charge is -2.32. The third kappa shape index (κ3) is 3.98. The maximum Gasteiger partial charge on any atom is 0.213 e. The molecular weight excluding hydrogens is 224 g/mol. The molecule has 0 aromatic carbocycles. The Hall–Kier alpha value is -1.09. The summed E-state index contributed by atoms with van der Waals surface area (Å²) in [6.45, 7) is 11.6. The van der Waals surface area contributed by atoms with Crippen molar-refractivity contribution in [2.45, 2.75) is 46.1 Å². The number of nitrogens with one attached hydrogen (secondary N) is 1. The lowest BCUT2D eigenvalue weighted by Crippen LogP contribution is -2.40. The Morgan fingerprint density at radius 3 is 2.39 bits per heavy atom. The summed E-state index contributed by atoms with van der Waals surface area (Å²) >= 11 is 0. The maximum absolute atomic E-state index is 6.00. The smallest absolute Gasteiger partial charge is 0.213 e. The van der Waals surface area contributed by atoms with Crippen molar-refractivity contribution < 1.29 is 4.74 Å². The molecule has 3 heteroatoms. The van der Waals surface area contributed by atoms with Crippen LogP contribution in [0.15, 0.2) is 18.3 Å². The Kier molecular flexibility index (Phi) is 5.15. The number of hydrogen-bond acceptors (Lipinski definition) is 3. The predicted molar refractivity (Wildman–Crippen MR) is 76.1 cm³/mol. The van der Waals surface area contributed by atoms with E-state index in [1.165, 1.54) is 5.56 Å². The van der Waals surface area contributed by atoms with Crippen LogP contribution in [-0.4, -0.2) is 24.2 Å². The van der Waals surface area contributed by atoms with Crippen LogP contribution in [0.1, 0.15) is 46.1 Å². The molecule has 1 unspecified atom stereocenters. The van der Waals surface area contributed by atoms with E-state index in [0.29, 0.717) is 17.7 Å². The van der Waals surface area contributed by atoms with Gasteiger partial charge in [0.2, 0.25) is 5.88 Å². The van der Waals surface area contributed by atoms with Crippen molar-refractivity contribution in [3.63, 3.8) is 0 Å². The first-order valence-corrected chi connectivity index (χ1v) is 6.66. The van der Waals surface area contributed by atoms with Crippen molar-refractivity contribution in [2.24, 2.45) is 5.92 Å². The Morgan fingerprint density at radius 2 is 1.94 bits per heavy atom. The van der Waals surface area contributed by atoms with Crippen molar-refractivity contribution >= 4 is 0 Å². The molecule has 0 aliphatic heterocycles. The topological polar surface area (TPSA) is 34.1 Å². The number of pyridine rings is 1. The molecule has 3 nitrogen and oxygen atoms in total. The molecule has 0 aliphatic rings. The van der Waals surface area contributed by atoms with Gasteiger partial charge in [0.15, 0.2) is 0 Å². The van der Waals surface area contributed by atoms with Gasteiger partial charge >= 0.3 is 0 Å². The van der Waals surface area contributed by atoms with E-state index in [4.69, 9.17) is 4.74 Å². The quantitative estimate of drug-likeness (QED) is 0.841. The summed E-state index contributed by atoms with van der Waals surface area (Å²) in [5.74, 6) is 1.62. The number of aromatic nitrogens is 1. The fraction of sp³-hybridized carbons (Fsp3) is 0.667. The number of ether oxygens (including phenoxy) is 1. The van der Waals surface area contributed by atoms with E-state index >= 15 is 0 Å². The molecule has 0 saturated carbocycles. The third-order valence-electron chi connectivity index (χ3n) is 3.49.